The van der Waals surface area contributed by atoms with Crippen molar-refractivity contribution in [2.75, 3.05) is 18.4 Å². The normalized spacial score (nSPS) is 9.53. The van der Waals surface area contributed by atoms with Crippen molar-refractivity contribution in [2.45, 2.75) is 0 Å². The minimum Gasteiger partial charge on any atom is -0.375 e. The summed E-state index contributed by atoms with van der Waals surface area (Å²) in [6.45, 7) is -0.0328. The second-order valence-electron chi connectivity index (χ2n) is 3.03. The molecule has 0 aliphatic heterocycles. The highest BCUT2D eigenvalue weighted by atomic mass is 35.5. The van der Waals surface area contributed by atoms with Crippen molar-refractivity contribution in [3.63, 3.8) is 0 Å². The number of carbonyl (C=O) groups excluding carboxylic acids is 1. The number of nitriles is 1. The molecular formula is C10H8Cl3N3O. The molecule has 1 rings (SSSR count). The molecule has 0 bridgehead atoms. The average molecular weight is 293 g/mol. The van der Waals surface area contributed by atoms with Gasteiger partial charge in [-0.2, -0.15) is 5.26 Å². The Morgan fingerprint density at radius 3 is 2.53 bits per heavy atom. The lowest BCUT2D eigenvalue weighted by molar-refractivity contribution is -0.119. The van der Waals surface area contributed by atoms with Crippen LogP contribution >= 0.6 is 34.8 Å². The maximum Gasteiger partial charge on any atom is 0.240 e. The first-order valence-electron chi connectivity index (χ1n) is 4.56. The van der Waals surface area contributed by atoms with Crippen LogP contribution in [0.1, 0.15) is 0 Å². The van der Waals surface area contributed by atoms with Gasteiger partial charge in [-0.15, -0.1) is 0 Å². The van der Waals surface area contributed by atoms with Gasteiger partial charge in [0, 0.05) is 0 Å². The molecule has 0 fully saturated rings. The van der Waals surface area contributed by atoms with Gasteiger partial charge in [-0.3, -0.25) is 4.79 Å². The smallest absolute Gasteiger partial charge is 0.240 e. The number of nitrogens with zero attached hydrogens (tertiary/aromatic N) is 1. The highest BCUT2D eigenvalue weighted by molar-refractivity contribution is 6.44. The van der Waals surface area contributed by atoms with E-state index in [0.717, 1.165) is 0 Å². The Morgan fingerprint density at radius 1 is 1.24 bits per heavy atom. The number of halogens is 3. The van der Waals surface area contributed by atoms with Gasteiger partial charge < -0.3 is 10.6 Å². The average Bonchev–Trinajstić information content (AvgIpc) is 2.29. The van der Waals surface area contributed by atoms with Crippen LogP contribution in [0.15, 0.2) is 12.1 Å². The second-order valence-corrected chi connectivity index (χ2v) is 4.26. The van der Waals surface area contributed by atoms with Crippen LogP contribution in [-0.4, -0.2) is 19.0 Å². The summed E-state index contributed by atoms with van der Waals surface area (Å²) in [5, 5.41) is 14.5. The van der Waals surface area contributed by atoms with Crippen LogP contribution in [0, 0.1) is 11.3 Å². The Bertz CT molecular complexity index is 471. The van der Waals surface area contributed by atoms with E-state index in [4.69, 9.17) is 40.1 Å². The van der Waals surface area contributed by atoms with E-state index in [9.17, 15) is 4.79 Å². The third-order valence-corrected chi connectivity index (χ3v) is 2.85. The third kappa shape index (κ3) is 4.31. The first kappa shape index (κ1) is 13.9. The number of anilines is 1. The fraction of sp³-hybridized carbons (Fsp3) is 0.200. The Morgan fingerprint density at radius 2 is 1.88 bits per heavy atom. The number of amides is 1. The van der Waals surface area contributed by atoms with Crippen molar-refractivity contribution in [3.8, 4) is 6.07 Å². The number of hydrogen-bond donors (Lipinski definition) is 2. The molecule has 4 nitrogen and oxygen atoms in total. The van der Waals surface area contributed by atoms with E-state index >= 15 is 0 Å². The zero-order valence-electron chi connectivity index (χ0n) is 8.56. The minimum absolute atomic E-state index is 0.000634. The molecule has 0 aliphatic carbocycles. The predicted octanol–water partition coefficient (Wildman–Crippen LogP) is 2.70. The second kappa shape index (κ2) is 6.55. The van der Waals surface area contributed by atoms with Crippen LogP contribution in [0.2, 0.25) is 15.1 Å². The largest absolute Gasteiger partial charge is 0.375 e. The molecular weight excluding hydrogens is 284 g/mol. The zero-order chi connectivity index (χ0) is 12.8. The Labute approximate surface area is 113 Å². The van der Waals surface area contributed by atoms with Gasteiger partial charge in [-0.25, -0.2) is 0 Å². The summed E-state index contributed by atoms with van der Waals surface area (Å²) in [5.41, 5.74) is 0.508. The van der Waals surface area contributed by atoms with Crippen LogP contribution in [0.5, 0.6) is 0 Å². The van der Waals surface area contributed by atoms with E-state index in [1.165, 1.54) is 12.1 Å². The summed E-state index contributed by atoms with van der Waals surface area (Å²) in [5.74, 6) is -0.311. The summed E-state index contributed by atoms with van der Waals surface area (Å²) in [7, 11) is 0. The molecule has 0 atom stereocenters. The molecule has 2 N–H and O–H groups in total. The molecule has 0 unspecified atom stereocenters. The highest BCUT2D eigenvalue weighted by Gasteiger charge is 2.07. The number of rotatable bonds is 4. The summed E-state index contributed by atoms with van der Waals surface area (Å²) >= 11 is 17.5. The molecule has 7 heteroatoms. The van der Waals surface area contributed by atoms with Gasteiger partial charge in [-0.1, -0.05) is 34.8 Å². The Balaban J connectivity index is 2.61. The molecule has 0 spiro atoms. The Kier molecular flexibility index (Phi) is 5.36. The quantitative estimate of drug-likeness (QED) is 0.662. The van der Waals surface area contributed by atoms with Crippen molar-refractivity contribution < 1.29 is 4.79 Å². The van der Waals surface area contributed by atoms with Gasteiger partial charge in [0.25, 0.3) is 0 Å². The van der Waals surface area contributed by atoms with E-state index in [-0.39, 0.29) is 19.0 Å². The predicted molar refractivity (Wildman–Crippen MR) is 68.6 cm³/mol. The van der Waals surface area contributed by atoms with Gasteiger partial charge >= 0.3 is 0 Å². The highest BCUT2D eigenvalue weighted by Crippen LogP contribution is 2.31. The zero-order valence-corrected chi connectivity index (χ0v) is 10.8. The van der Waals surface area contributed by atoms with E-state index in [0.29, 0.717) is 20.8 Å². The van der Waals surface area contributed by atoms with Gasteiger partial charge in [0.2, 0.25) is 5.91 Å². The fourth-order valence-electron chi connectivity index (χ4n) is 1.03. The van der Waals surface area contributed by atoms with E-state index in [1.54, 1.807) is 6.07 Å². The summed E-state index contributed by atoms with van der Waals surface area (Å²) in [6.07, 6.45) is 0. The number of carbonyl (C=O) groups is 1. The van der Waals surface area contributed by atoms with Crippen LogP contribution < -0.4 is 10.6 Å². The van der Waals surface area contributed by atoms with Gasteiger partial charge in [0.15, 0.2) is 0 Å². The van der Waals surface area contributed by atoms with Crippen molar-refractivity contribution >= 4 is 46.4 Å². The van der Waals surface area contributed by atoms with Crippen molar-refractivity contribution in [2.24, 2.45) is 0 Å². The fourth-order valence-corrected chi connectivity index (χ4v) is 1.65. The molecule has 17 heavy (non-hydrogen) atoms. The van der Waals surface area contributed by atoms with Gasteiger partial charge in [-0.05, 0) is 12.1 Å². The SMILES string of the molecule is N#CCNC(=O)CNc1cc(Cl)c(Cl)cc1Cl. The van der Waals surface area contributed by atoms with Crippen LogP contribution in [0.25, 0.3) is 0 Å². The van der Waals surface area contributed by atoms with Crippen LogP contribution in [0.3, 0.4) is 0 Å². The van der Waals surface area contributed by atoms with Gasteiger partial charge in [0.05, 0.1) is 33.4 Å². The molecule has 1 aromatic carbocycles. The molecule has 0 heterocycles. The lowest BCUT2D eigenvalue weighted by atomic mass is 10.3. The van der Waals surface area contributed by atoms with Crippen molar-refractivity contribution in [3.05, 3.63) is 27.2 Å². The molecule has 0 saturated heterocycles. The van der Waals surface area contributed by atoms with Crippen LogP contribution in [0.4, 0.5) is 5.69 Å². The van der Waals surface area contributed by atoms with Gasteiger partial charge in [0.1, 0.15) is 6.54 Å². The maximum atomic E-state index is 11.2. The topological polar surface area (TPSA) is 64.9 Å². The summed E-state index contributed by atoms with van der Waals surface area (Å²) in [4.78, 5) is 11.2. The molecule has 1 amide bonds. The lowest BCUT2D eigenvalue weighted by Gasteiger charge is -2.09. The minimum atomic E-state index is -0.311. The summed E-state index contributed by atoms with van der Waals surface area (Å²) < 4.78 is 0. The summed E-state index contributed by atoms with van der Waals surface area (Å²) in [6, 6.07) is 4.82. The molecule has 0 saturated carbocycles. The first-order chi connectivity index (χ1) is 8.04. The van der Waals surface area contributed by atoms with Crippen molar-refractivity contribution in [1.82, 2.24) is 5.32 Å². The first-order valence-corrected chi connectivity index (χ1v) is 5.70. The Hall–Kier alpha value is -1.15. The van der Waals surface area contributed by atoms with E-state index in [1.807, 2.05) is 0 Å². The van der Waals surface area contributed by atoms with Crippen molar-refractivity contribution in [1.29, 1.82) is 5.26 Å². The monoisotopic (exact) mass is 291 g/mol. The number of hydrogen-bond acceptors (Lipinski definition) is 3. The molecule has 0 radical (unpaired) electrons. The lowest BCUT2D eigenvalue weighted by Crippen LogP contribution is -2.30. The molecule has 90 valence electrons. The number of benzene rings is 1. The van der Waals surface area contributed by atoms with E-state index in [2.05, 4.69) is 10.6 Å². The molecule has 1 aromatic rings. The molecule has 0 aliphatic rings. The molecule has 0 aromatic heterocycles. The maximum absolute atomic E-state index is 11.2. The van der Waals surface area contributed by atoms with Crippen LogP contribution in [-0.2, 0) is 4.79 Å². The third-order valence-electron chi connectivity index (χ3n) is 1.81. The number of nitrogens with one attached hydrogen (secondary N) is 2. The van der Waals surface area contributed by atoms with E-state index < -0.39 is 0 Å². The standard InChI is InChI=1S/C10H8Cl3N3O/c11-6-3-8(13)9(4-7(6)12)16-5-10(17)15-2-1-14/h3-4,16H,2,5H2,(H,15,17).